The van der Waals surface area contributed by atoms with Gasteiger partial charge in [0.05, 0.1) is 11.3 Å². The monoisotopic (exact) mass is 441 g/mol. The molecule has 1 fully saturated rings. The van der Waals surface area contributed by atoms with Crippen molar-refractivity contribution in [3.63, 3.8) is 0 Å². The van der Waals surface area contributed by atoms with E-state index in [1.165, 1.54) is 32.1 Å². The number of carbonyl (C=O) groups is 2. The van der Waals surface area contributed by atoms with Crippen LogP contribution < -0.4 is 10.2 Å². The van der Waals surface area contributed by atoms with Gasteiger partial charge < -0.3 is 15.1 Å². The topological polar surface area (TPSA) is 52.7 Å². The van der Waals surface area contributed by atoms with Crippen LogP contribution in [0.15, 0.2) is 54.6 Å². The highest BCUT2D eigenvalue weighted by Crippen LogP contribution is 2.34. The molecule has 33 heavy (non-hydrogen) atoms. The average molecular weight is 442 g/mol. The van der Waals surface area contributed by atoms with Crippen LogP contribution in [0.5, 0.6) is 0 Å². The fraction of sp³-hybridized carbons (Fsp3) is 0.357. The molecule has 170 valence electrons. The van der Waals surface area contributed by atoms with E-state index in [0.717, 1.165) is 28.6 Å². The first kappa shape index (κ1) is 21.5. The number of hydrogen-bond acceptors (Lipinski definition) is 3. The summed E-state index contributed by atoms with van der Waals surface area (Å²) in [5, 5.41) is 4.99. The highest BCUT2D eigenvalue weighted by molar-refractivity contribution is 6.17. The summed E-state index contributed by atoms with van der Waals surface area (Å²) >= 11 is 0. The van der Waals surface area contributed by atoms with Crippen molar-refractivity contribution in [1.82, 2.24) is 4.90 Å². The summed E-state index contributed by atoms with van der Waals surface area (Å²) in [6, 6.07) is 17.6. The molecule has 5 heteroatoms. The maximum Gasteiger partial charge on any atom is 0.256 e. The summed E-state index contributed by atoms with van der Waals surface area (Å²) in [4.78, 5) is 30.7. The smallest absolute Gasteiger partial charge is 0.256 e. The van der Waals surface area contributed by atoms with E-state index >= 15 is 0 Å². The Balaban J connectivity index is 1.41. The van der Waals surface area contributed by atoms with Gasteiger partial charge in [0, 0.05) is 43.8 Å². The number of anilines is 2. The molecule has 1 N–H and O–H groups in total. The minimum atomic E-state index is -0.191. The van der Waals surface area contributed by atoms with Crippen LogP contribution in [0.2, 0.25) is 0 Å². The molecule has 3 aromatic carbocycles. The largest absolute Gasteiger partial charge is 0.377 e. The molecule has 0 unspecified atom stereocenters. The van der Waals surface area contributed by atoms with Crippen LogP contribution in [0.3, 0.4) is 0 Å². The van der Waals surface area contributed by atoms with Crippen molar-refractivity contribution >= 4 is 34.0 Å². The van der Waals surface area contributed by atoms with Crippen molar-refractivity contribution in [3.8, 4) is 0 Å². The van der Waals surface area contributed by atoms with Crippen molar-refractivity contribution in [3.05, 3.63) is 71.3 Å². The number of nitrogens with zero attached hydrogens (tertiary/aromatic N) is 2. The number of hydrogen-bond donors (Lipinski definition) is 1. The lowest BCUT2D eigenvalue weighted by Gasteiger charge is -2.26. The van der Waals surface area contributed by atoms with Crippen molar-refractivity contribution in [2.24, 2.45) is 5.92 Å². The fourth-order valence-corrected chi connectivity index (χ4v) is 5.41. The first-order chi connectivity index (χ1) is 16.0. The van der Waals surface area contributed by atoms with Gasteiger partial charge in [-0.05, 0) is 47.9 Å². The minimum absolute atomic E-state index is 0.0410. The molecule has 1 aliphatic heterocycles. The lowest BCUT2D eigenvalue weighted by molar-refractivity contribution is 0.0738. The van der Waals surface area contributed by atoms with Gasteiger partial charge in [0.1, 0.15) is 0 Å². The van der Waals surface area contributed by atoms with Crippen LogP contribution in [0, 0.1) is 5.92 Å². The zero-order valence-electron chi connectivity index (χ0n) is 19.4. The molecule has 1 heterocycles. The Morgan fingerprint density at radius 2 is 1.73 bits per heavy atom. The van der Waals surface area contributed by atoms with Crippen LogP contribution in [0.4, 0.5) is 11.4 Å². The molecule has 2 aliphatic rings. The minimum Gasteiger partial charge on any atom is -0.377 e. The fourth-order valence-electron chi connectivity index (χ4n) is 5.41. The van der Waals surface area contributed by atoms with Gasteiger partial charge in [-0.1, -0.05) is 55.7 Å². The maximum atomic E-state index is 13.4. The molecule has 2 amide bonds. The van der Waals surface area contributed by atoms with Crippen LogP contribution in [0.25, 0.3) is 10.8 Å². The molecular formula is C28H31N3O2. The highest BCUT2D eigenvalue weighted by Gasteiger charge is 2.32. The van der Waals surface area contributed by atoms with E-state index < -0.39 is 0 Å². The second-order valence-corrected chi connectivity index (χ2v) is 9.56. The number of fused-ring (bicyclic) bond motifs is 2. The summed E-state index contributed by atoms with van der Waals surface area (Å²) in [6.07, 6.45) is 6.26. The molecule has 1 saturated carbocycles. The zero-order valence-corrected chi connectivity index (χ0v) is 19.4. The summed E-state index contributed by atoms with van der Waals surface area (Å²) in [5.41, 5.74) is 3.93. The van der Waals surface area contributed by atoms with Gasteiger partial charge in [-0.2, -0.15) is 0 Å². The van der Waals surface area contributed by atoms with E-state index in [0.29, 0.717) is 29.3 Å². The molecule has 5 rings (SSSR count). The Labute approximate surface area is 195 Å². The van der Waals surface area contributed by atoms with Gasteiger partial charge in [-0.25, -0.2) is 0 Å². The van der Waals surface area contributed by atoms with E-state index in [1.807, 2.05) is 78.5 Å². The van der Waals surface area contributed by atoms with Gasteiger partial charge >= 0.3 is 0 Å². The average Bonchev–Trinajstić information content (AvgIpc) is 3.14. The molecule has 0 aromatic heterocycles. The van der Waals surface area contributed by atoms with E-state index in [1.54, 1.807) is 0 Å². The third kappa shape index (κ3) is 4.08. The molecular weight excluding hydrogens is 410 g/mol. The summed E-state index contributed by atoms with van der Waals surface area (Å²) in [5.74, 6) is 0.444. The molecule has 5 nitrogen and oxygen atoms in total. The Morgan fingerprint density at radius 1 is 0.970 bits per heavy atom. The Bertz CT molecular complexity index is 1210. The molecule has 3 aromatic rings. The predicted molar refractivity (Wildman–Crippen MR) is 134 cm³/mol. The van der Waals surface area contributed by atoms with Crippen LogP contribution in [0.1, 0.15) is 58.4 Å². The first-order valence-electron chi connectivity index (χ1n) is 11.9. The molecule has 0 atom stereocenters. The van der Waals surface area contributed by atoms with Crippen LogP contribution in [-0.2, 0) is 6.54 Å². The second-order valence-electron chi connectivity index (χ2n) is 9.56. The SMILES string of the molecule is CN(C)c1ccc(C(=O)Nc2cccc3c2C(=O)N(CC2CCCCC2)C3)c2ccccc12. The lowest BCUT2D eigenvalue weighted by Crippen LogP contribution is -2.31. The van der Waals surface area contributed by atoms with Crippen LogP contribution in [-0.4, -0.2) is 37.4 Å². The molecule has 0 radical (unpaired) electrons. The quantitative estimate of drug-likeness (QED) is 0.553. The molecule has 0 saturated heterocycles. The standard InChI is InChI=1S/C28H31N3O2/c1-30(2)25-16-15-23(21-12-6-7-13-22(21)25)27(32)29-24-14-8-11-20-18-31(28(33)26(20)24)17-19-9-4-3-5-10-19/h6-8,11-16,19H,3-5,9-10,17-18H2,1-2H3,(H,29,32). The van der Waals surface area contributed by atoms with E-state index in [-0.39, 0.29) is 11.8 Å². The zero-order chi connectivity index (χ0) is 22.9. The number of carbonyl (C=O) groups excluding carboxylic acids is 2. The summed E-state index contributed by atoms with van der Waals surface area (Å²) < 4.78 is 0. The van der Waals surface area contributed by atoms with Crippen molar-refractivity contribution in [1.29, 1.82) is 0 Å². The Hall–Kier alpha value is -3.34. The van der Waals surface area contributed by atoms with Crippen molar-refractivity contribution in [2.45, 2.75) is 38.6 Å². The third-order valence-electron chi connectivity index (χ3n) is 7.09. The maximum absolute atomic E-state index is 13.4. The van der Waals surface area contributed by atoms with Crippen molar-refractivity contribution < 1.29 is 9.59 Å². The van der Waals surface area contributed by atoms with E-state index in [4.69, 9.17) is 0 Å². The third-order valence-corrected chi connectivity index (χ3v) is 7.09. The molecule has 1 aliphatic carbocycles. The number of benzene rings is 3. The second kappa shape index (κ2) is 8.89. The van der Waals surface area contributed by atoms with Gasteiger partial charge in [0.25, 0.3) is 11.8 Å². The lowest BCUT2D eigenvalue weighted by atomic mass is 9.89. The number of amides is 2. The highest BCUT2D eigenvalue weighted by atomic mass is 16.2. The van der Waals surface area contributed by atoms with Gasteiger partial charge in [0.15, 0.2) is 0 Å². The molecule has 0 bridgehead atoms. The van der Waals surface area contributed by atoms with E-state index in [9.17, 15) is 9.59 Å². The van der Waals surface area contributed by atoms with Gasteiger partial charge in [-0.15, -0.1) is 0 Å². The van der Waals surface area contributed by atoms with Gasteiger partial charge in [0.2, 0.25) is 0 Å². The van der Waals surface area contributed by atoms with Gasteiger partial charge in [-0.3, -0.25) is 9.59 Å². The number of rotatable bonds is 5. The van der Waals surface area contributed by atoms with E-state index in [2.05, 4.69) is 5.32 Å². The van der Waals surface area contributed by atoms with Crippen molar-refractivity contribution in [2.75, 3.05) is 30.9 Å². The summed E-state index contributed by atoms with van der Waals surface area (Å²) in [6.45, 7) is 1.45. The first-order valence-corrected chi connectivity index (χ1v) is 11.9. The van der Waals surface area contributed by atoms with Crippen LogP contribution >= 0.6 is 0 Å². The Kier molecular flexibility index (Phi) is 5.79. The Morgan fingerprint density at radius 3 is 2.48 bits per heavy atom. The number of nitrogens with one attached hydrogen (secondary N) is 1. The normalized spacial score (nSPS) is 16.2. The summed E-state index contributed by atoms with van der Waals surface area (Å²) in [7, 11) is 4.00. The molecule has 0 spiro atoms. The predicted octanol–water partition coefficient (Wildman–Crippen LogP) is 5.69.